The Morgan fingerprint density at radius 3 is 2.76 bits per heavy atom. The highest BCUT2D eigenvalue weighted by Gasteiger charge is 2.37. The predicted molar refractivity (Wildman–Crippen MR) is 80.3 cm³/mol. The zero-order valence-corrected chi connectivity index (χ0v) is 13.0. The molecule has 1 aliphatic heterocycles. The molecule has 3 rings (SSSR count). The maximum atomic E-state index is 12.9. The first kappa shape index (κ1) is 14.3. The molecule has 1 aliphatic rings. The van der Waals surface area contributed by atoms with E-state index in [4.69, 9.17) is 0 Å². The van der Waals surface area contributed by atoms with Crippen molar-refractivity contribution >= 4 is 10.0 Å². The Morgan fingerprint density at radius 1 is 1.29 bits per heavy atom. The second-order valence-corrected chi connectivity index (χ2v) is 7.32. The normalized spacial score (nSPS) is 20.0. The molecule has 1 fully saturated rings. The minimum Gasteiger partial charge on any atom is -0.256 e. The molecule has 0 radical (unpaired) electrons. The van der Waals surface area contributed by atoms with Gasteiger partial charge in [0.05, 0.1) is 12.2 Å². The average molecular weight is 305 g/mol. The molecule has 6 heteroatoms. The summed E-state index contributed by atoms with van der Waals surface area (Å²) in [6, 6.07) is 9.57. The van der Waals surface area contributed by atoms with Gasteiger partial charge in [-0.25, -0.2) is 8.42 Å². The van der Waals surface area contributed by atoms with Gasteiger partial charge in [0.25, 0.3) is 10.0 Å². The number of rotatable bonds is 3. The van der Waals surface area contributed by atoms with E-state index in [0.29, 0.717) is 6.54 Å². The smallest absolute Gasteiger partial charge is 0.256 e. The third kappa shape index (κ3) is 2.49. The molecule has 2 heterocycles. The van der Waals surface area contributed by atoms with Gasteiger partial charge in [0.1, 0.15) is 0 Å². The lowest BCUT2D eigenvalue weighted by molar-refractivity contribution is 0.391. The molecule has 1 unspecified atom stereocenters. The van der Waals surface area contributed by atoms with Crippen molar-refractivity contribution in [3.8, 4) is 0 Å². The number of nitrogens with zero attached hydrogens (tertiary/aromatic N) is 3. The van der Waals surface area contributed by atoms with E-state index in [-0.39, 0.29) is 11.1 Å². The second kappa shape index (κ2) is 5.27. The summed E-state index contributed by atoms with van der Waals surface area (Å²) in [5.74, 6) is 0. The molecule has 1 saturated heterocycles. The van der Waals surface area contributed by atoms with E-state index < -0.39 is 10.0 Å². The SMILES string of the molecule is Cc1cccc(C2CCCN2S(=O)(=O)c2ccnn2C)c1. The average Bonchev–Trinajstić information content (AvgIpc) is 3.07. The number of hydrogen-bond acceptors (Lipinski definition) is 3. The van der Waals surface area contributed by atoms with Crippen LogP contribution in [-0.4, -0.2) is 29.0 Å². The predicted octanol–water partition coefficient (Wildman–Crippen LogP) is 2.25. The minimum atomic E-state index is -3.50. The van der Waals surface area contributed by atoms with Crippen molar-refractivity contribution in [2.45, 2.75) is 30.8 Å². The van der Waals surface area contributed by atoms with Gasteiger partial charge < -0.3 is 0 Å². The number of hydrogen-bond donors (Lipinski definition) is 0. The van der Waals surface area contributed by atoms with Crippen molar-refractivity contribution in [2.75, 3.05) is 6.54 Å². The molecular weight excluding hydrogens is 286 g/mol. The van der Waals surface area contributed by atoms with Crippen LogP contribution in [0.25, 0.3) is 0 Å². The molecule has 2 aromatic rings. The van der Waals surface area contributed by atoms with Gasteiger partial charge >= 0.3 is 0 Å². The molecule has 0 amide bonds. The zero-order valence-electron chi connectivity index (χ0n) is 12.2. The molecule has 0 aliphatic carbocycles. The maximum absolute atomic E-state index is 12.9. The Labute approximate surface area is 125 Å². The van der Waals surface area contributed by atoms with E-state index >= 15 is 0 Å². The molecule has 5 nitrogen and oxygen atoms in total. The van der Waals surface area contributed by atoms with E-state index in [9.17, 15) is 8.42 Å². The Morgan fingerprint density at radius 2 is 2.10 bits per heavy atom. The maximum Gasteiger partial charge on any atom is 0.260 e. The molecule has 112 valence electrons. The third-order valence-electron chi connectivity index (χ3n) is 3.98. The van der Waals surface area contributed by atoms with Gasteiger partial charge in [0.2, 0.25) is 0 Å². The Kier molecular flexibility index (Phi) is 3.59. The number of aromatic nitrogens is 2. The van der Waals surface area contributed by atoms with Crippen molar-refractivity contribution < 1.29 is 8.42 Å². The van der Waals surface area contributed by atoms with Crippen LogP contribution in [0.15, 0.2) is 41.6 Å². The van der Waals surface area contributed by atoms with E-state index in [2.05, 4.69) is 11.2 Å². The van der Waals surface area contributed by atoms with Crippen molar-refractivity contribution in [1.29, 1.82) is 0 Å². The van der Waals surface area contributed by atoms with Gasteiger partial charge in [-0.05, 0) is 31.4 Å². The molecule has 21 heavy (non-hydrogen) atoms. The molecule has 0 saturated carbocycles. The van der Waals surface area contributed by atoms with Crippen LogP contribution in [0.5, 0.6) is 0 Å². The molecule has 1 aromatic heterocycles. The highest BCUT2D eigenvalue weighted by atomic mass is 32.2. The topological polar surface area (TPSA) is 55.2 Å². The van der Waals surface area contributed by atoms with Gasteiger partial charge in [0.15, 0.2) is 5.03 Å². The van der Waals surface area contributed by atoms with Crippen molar-refractivity contribution in [2.24, 2.45) is 7.05 Å². The van der Waals surface area contributed by atoms with Crippen LogP contribution in [0.2, 0.25) is 0 Å². The van der Waals surface area contributed by atoms with Gasteiger partial charge in [-0.2, -0.15) is 9.40 Å². The lowest BCUT2D eigenvalue weighted by Crippen LogP contribution is -2.32. The van der Waals surface area contributed by atoms with E-state index in [1.807, 2.05) is 25.1 Å². The number of sulfonamides is 1. The van der Waals surface area contributed by atoms with E-state index in [1.54, 1.807) is 17.4 Å². The highest BCUT2D eigenvalue weighted by molar-refractivity contribution is 7.89. The second-order valence-electron chi connectivity index (χ2n) is 5.48. The number of benzene rings is 1. The molecule has 1 atom stereocenters. The van der Waals surface area contributed by atoms with Gasteiger partial charge in [-0.15, -0.1) is 0 Å². The quantitative estimate of drug-likeness (QED) is 0.874. The summed E-state index contributed by atoms with van der Waals surface area (Å²) >= 11 is 0. The monoisotopic (exact) mass is 305 g/mol. The number of aryl methyl sites for hydroxylation is 2. The van der Waals surface area contributed by atoms with E-state index in [0.717, 1.165) is 24.0 Å². The molecule has 1 aromatic carbocycles. The van der Waals surface area contributed by atoms with E-state index in [1.165, 1.54) is 10.9 Å². The summed E-state index contributed by atoms with van der Waals surface area (Å²) in [5, 5.41) is 4.23. The van der Waals surface area contributed by atoms with Gasteiger partial charge in [0, 0.05) is 13.6 Å². The molecule has 0 bridgehead atoms. The summed E-state index contributed by atoms with van der Waals surface area (Å²) in [7, 11) is -1.85. The van der Waals surface area contributed by atoms with Crippen molar-refractivity contribution in [1.82, 2.24) is 14.1 Å². The van der Waals surface area contributed by atoms with Gasteiger partial charge in [-0.3, -0.25) is 4.68 Å². The van der Waals surface area contributed by atoms with Crippen molar-refractivity contribution in [3.63, 3.8) is 0 Å². The highest BCUT2D eigenvalue weighted by Crippen LogP contribution is 2.36. The fourth-order valence-electron chi connectivity index (χ4n) is 2.97. The first-order valence-electron chi connectivity index (χ1n) is 7.06. The minimum absolute atomic E-state index is 0.0789. The van der Waals surface area contributed by atoms with Crippen LogP contribution in [0.3, 0.4) is 0 Å². The Hall–Kier alpha value is -1.66. The van der Waals surface area contributed by atoms with Crippen LogP contribution in [-0.2, 0) is 17.1 Å². The fraction of sp³-hybridized carbons (Fsp3) is 0.400. The summed E-state index contributed by atoms with van der Waals surface area (Å²) in [5.41, 5.74) is 2.22. The summed E-state index contributed by atoms with van der Waals surface area (Å²) in [4.78, 5) is 0. The molecular formula is C15H19N3O2S. The van der Waals surface area contributed by atoms with Crippen LogP contribution < -0.4 is 0 Å². The van der Waals surface area contributed by atoms with Crippen molar-refractivity contribution in [3.05, 3.63) is 47.7 Å². The third-order valence-corrected chi connectivity index (χ3v) is 5.96. The fourth-order valence-corrected chi connectivity index (χ4v) is 4.76. The summed E-state index contributed by atoms with van der Waals surface area (Å²) in [6.07, 6.45) is 3.26. The Bertz CT molecular complexity index is 752. The van der Waals surface area contributed by atoms with Gasteiger partial charge in [-0.1, -0.05) is 29.8 Å². The first-order chi connectivity index (χ1) is 10.00. The summed E-state index contributed by atoms with van der Waals surface area (Å²) < 4.78 is 28.7. The largest absolute Gasteiger partial charge is 0.260 e. The first-order valence-corrected chi connectivity index (χ1v) is 8.50. The van der Waals surface area contributed by atoms with Crippen LogP contribution in [0.4, 0.5) is 0 Å². The van der Waals surface area contributed by atoms with Crippen LogP contribution >= 0.6 is 0 Å². The zero-order chi connectivity index (χ0) is 15.0. The van der Waals surface area contributed by atoms with Crippen LogP contribution in [0.1, 0.15) is 30.0 Å². The lowest BCUT2D eigenvalue weighted by Gasteiger charge is -2.24. The van der Waals surface area contributed by atoms with Crippen LogP contribution in [0, 0.1) is 6.92 Å². The molecule has 0 N–H and O–H groups in total. The summed E-state index contributed by atoms with van der Waals surface area (Å²) in [6.45, 7) is 2.59. The Balaban J connectivity index is 2.00. The lowest BCUT2D eigenvalue weighted by atomic mass is 10.0. The molecule has 0 spiro atoms. The standard InChI is InChI=1S/C15H19N3O2S/c1-12-5-3-6-13(11-12)14-7-4-10-18(14)21(19,20)15-8-9-16-17(15)2/h3,5-6,8-9,11,14H,4,7,10H2,1-2H3.